The van der Waals surface area contributed by atoms with Crippen molar-refractivity contribution < 1.29 is 13.9 Å². The minimum absolute atomic E-state index is 0.0589. The summed E-state index contributed by atoms with van der Waals surface area (Å²) >= 11 is 0. The molecule has 1 aliphatic carbocycles. The summed E-state index contributed by atoms with van der Waals surface area (Å²) in [4.78, 5) is 20.5. The van der Waals surface area contributed by atoms with E-state index in [2.05, 4.69) is 30.8 Å². The molecule has 3 aromatic rings. The van der Waals surface area contributed by atoms with Gasteiger partial charge in [0, 0.05) is 36.1 Å². The molecule has 29 heavy (non-hydrogen) atoms. The summed E-state index contributed by atoms with van der Waals surface area (Å²) in [6.07, 6.45) is 1.93. The molecule has 4 rings (SSSR count). The van der Waals surface area contributed by atoms with E-state index in [1.54, 1.807) is 12.3 Å². The highest BCUT2D eigenvalue weighted by Crippen LogP contribution is 2.38. The number of hydrogen-bond acceptors (Lipinski definition) is 6. The quantitative estimate of drug-likeness (QED) is 0.606. The van der Waals surface area contributed by atoms with Crippen molar-refractivity contribution in [2.45, 2.75) is 57.8 Å². The van der Waals surface area contributed by atoms with Crippen LogP contribution >= 0.6 is 0 Å². The molecule has 0 radical (unpaired) electrons. The highest BCUT2D eigenvalue weighted by molar-refractivity contribution is 5.67. The number of nitrogens with zero attached hydrogens (tertiary/aromatic N) is 4. The molecule has 0 aromatic carbocycles. The lowest BCUT2D eigenvalue weighted by Gasteiger charge is -2.18. The van der Waals surface area contributed by atoms with Gasteiger partial charge in [-0.2, -0.15) is 5.10 Å². The van der Waals surface area contributed by atoms with Crippen LogP contribution in [0.15, 0.2) is 24.5 Å². The lowest BCUT2D eigenvalue weighted by molar-refractivity contribution is 0.0555. The predicted molar refractivity (Wildman–Crippen MR) is 105 cm³/mol. The van der Waals surface area contributed by atoms with Crippen molar-refractivity contribution in [2.75, 3.05) is 5.32 Å². The summed E-state index contributed by atoms with van der Waals surface area (Å²) in [5, 5.41) is 12.9. The molecular weight excluding hydrogens is 377 g/mol. The van der Waals surface area contributed by atoms with Crippen LogP contribution < -0.4 is 10.6 Å². The normalized spacial score (nSPS) is 21.6. The fourth-order valence-electron chi connectivity index (χ4n) is 3.62. The molecule has 3 aromatic heterocycles. The van der Waals surface area contributed by atoms with Crippen LogP contribution in [0.3, 0.4) is 0 Å². The van der Waals surface area contributed by atoms with Gasteiger partial charge >= 0.3 is 6.09 Å². The second kappa shape index (κ2) is 7.69. The third-order valence-corrected chi connectivity index (χ3v) is 4.91. The number of carbonyl (C=O) groups excluding carboxylic acids is 1. The van der Waals surface area contributed by atoms with Crippen molar-refractivity contribution in [1.82, 2.24) is 29.9 Å². The first kappa shape index (κ1) is 19.2. The number of anilines is 2. The van der Waals surface area contributed by atoms with Gasteiger partial charge in [0.15, 0.2) is 5.82 Å². The van der Waals surface area contributed by atoms with E-state index in [4.69, 9.17) is 4.74 Å². The van der Waals surface area contributed by atoms with E-state index >= 15 is 0 Å². The number of fused-ring (bicyclic) bond motifs is 1. The number of ether oxygens (including phenoxy) is 1. The molecule has 3 atom stereocenters. The fraction of sp³-hybridized carbons (Fsp3) is 0.474. The monoisotopic (exact) mass is 401 g/mol. The summed E-state index contributed by atoms with van der Waals surface area (Å²) in [7, 11) is 0. The third-order valence-electron chi connectivity index (χ3n) is 4.91. The van der Waals surface area contributed by atoms with E-state index in [9.17, 15) is 9.18 Å². The number of halogens is 1. The minimum atomic E-state index is -1.29. The molecule has 1 aliphatic rings. The maximum absolute atomic E-state index is 14.9. The number of alkyl carbamates (subject to hydrolysis) is 1. The zero-order chi connectivity index (χ0) is 20.5. The number of alkyl halides is 1. The van der Waals surface area contributed by atoms with E-state index < -0.39 is 24.3 Å². The summed E-state index contributed by atoms with van der Waals surface area (Å²) in [5.74, 6) is 0.686. The van der Waals surface area contributed by atoms with Gasteiger partial charge in [-0.15, -0.1) is 0 Å². The summed E-state index contributed by atoms with van der Waals surface area (Å²) in [6, 6.07) is 3.52. The van der Waals surface area contributed by atoms with Crippen LogP contribution in [0.5, 0.6) is 0 Å². The highest BCUT2D eigenvalue weighted by Gasteiger charge is 2.40. The number of aromatic nitrogens is 5. The molecule has 3 N–H and O–H groups in total. The second-order valence-electron chi connectivity index (χ2n) is 7.58. The zero-order valence-corrected chi connectivity index (χ0v) is 16.5. The minimum Gasteiger partial charge on any atom is -0.443 e. The van der Waals surface area contributed by atoms with Gasteiger partial charge in [-0.3, -0.25) is 9.50 Å². The van der Waals surface area contributed by atoms with Crippen LogP contribution in [-0.2, 0) is 4.74 Å². The summed E-state index contributed by atoms with van der Waals surface area (Å²) < 4.78 is 22.0. The maximum atomic E-state index is 14.9. The predicted octanol–water partition coefficient (Wildman–Crippen LogP) is 3.22. The standard InChI is InChI=1S/C19H24FN7O2/c1-10(2)22-19(28)29-14-5-4-12(17(14)20)13-8-15(26-25-13)24-18-21-7-6-16-23-11(3)9-27(16)18/h6-10,12,14,17H,4-5H2,1-3H3,(H,22,28)(H2,21,24,25,26)/t12-,14-,17-/m1/s1. The number of aryl methyl sites for hydroxylation is 1. The lowest BCUT2D eigenvalue weighted by atomic mass is 10.0. The van der Waals surface area contributed by atoms with E-state index in [1.807, 2.05) is 37.4 Å². The largest absolute Gasteiger partial charge is 0.443 e. The molecule has 0 saturated heterocycles. The van der Waals surface area contributed by atoms with Crippen LogP contribution in [0.1, 0.15) is 44.0 Å². The molecule has 0 aliphatic heterocycles. The number of carbonyl (C=O) groups is 1. The Balaban J connectivity index is 1.44. The van der Waals surface area contributed by atoms with Crippen molar-refractivity contribution in [3.63, 3.8) is 0 Å². The topological polar surface area (TPSA) is 109 Å². The Morgan fingerprint density at radius 1 is 1.41 bits per heavy atom. The molecule has 154 valence electrons. The molecule has 0 unspecified atom stereocenters. The number of amides is 1. The zero-order valence-electron chi connectivity index (χ0n) is 16.5. The molecule has 0 bridgehead atoms. The Bertz CT molecular complexity index is 1020. The van der Waals surface area contributed by atoms with Crippen LogP contribution in [0.4, 0.5) is 21.0 Å². The van der Waals surface area contributed by atoms with Crippen LogP contribution in [-0.4, -0.2) is 49.0 Å². The van der Waals surface area contributed by atoms with Gasteiger partial charge in [-0.25, -0.2) is 19.2 Å². The van der Waals surface area contributed by atoms with Crippen LogP contribution in [0.25, 0.3) is 5.65 Å². The van der Waals surface area contributed by atoms with Gasteiger partial charge in [-0.05, 0) is 39.7 Å². The average molecular weight is 401 g/mol. The molecular formula is C19H24FN7O2. The van der Waals surface area contributed by atoms with Crippen molar-refractivity contribution in [3.05, 3.63) is 35.9 Å². The fourth-order valence-corrected chi connectivity index (χ4v) is 3.62. The number of H-pyrrole nitrogens is 1. The Kier molecular flexibility index (Phi) is 5.08. The lowest BCUT2D eigenvalue weighted by Crippen LogP contribution is -2.36. The van der Waals surface area contributed by atoms with E-state index in [-0.39, 0.29) is 6.04 Å². The van der Waals surface area contributed by atoms with Gasteiger partial charge in [0.25, 0.3) is 0 Å². The number of aromatic amines is 1. The first-order valence-corrected chi connectivity index (χ1v) is 9.65. The third kappa shape index (κ3) is 4.01. The van der Waals surface area contributed by atoms with Gasteiger partial charge in [0.1, 0.15) is 17.9 Å². The van der Waals surface area contributed by atoms with Crippen LogP contribution in [0.2, 0.25) is 0 Å². The molecule has 10 heteroatoms. The maximum Gasteiger partial charge on any atom is 0.407 e. The molecule has 0 spiro atoms. The Hall–Kier alpha value is -3.17. The van der Waals surface area contributed by atoms with E-state index in [0.29, 0.717) is 30.3 Å². The number of hydrogen-bond donors (Lipinski definition) is 3. The Morgan fingerprint density at radius 3 is 3.03 bits per heavy atom. The highest BCUT2D eigenvalue weighted by atomic mass is 19.1. The SMILES string of the molecule is Cc1cn2c(Nc3cc([C@H]4CC[C@@H](OC(=O)NC(C)C)[C@@H]4F)[nH]n3)nccc2n1. The Morgan fingerprint density at radius 2 is 2.24 bits per heavy atom. The second-order valence-corrected chi connectivity index (χ2v) is 7.58. The van der Waals surface area contributed by atoms with E-state index in [1.165, 1.54) is 0 Å². The summed E-state index contributed by atoms with van der Waals surface area (Å²) in [6.45, 7) is 5.56. The number of nitrogens with one attached hydrogen (secondary N) is 3. The molecule has 3 heterocycles. The van der Waals surface area contributed by atoms with Gasteiger partial charge in [-0.1, -0.05) is 0 Å². The number of rotatable bonds is 5. The first-order valence-electron chi connectivity index (χ1n) is 9.65. The van der Waals surface area contributed by atoms with E-state index in [0.717, 1.165) is 11.3 Å². The first-order chi connectivity index (χ1) is 13.9. The van der Waals surface area contributed by atoms with Gasteiger partial charge < -0.3 is 15.4 Å². The van der Waals surface area contributed by atoms with Crippen molar-refractivity contribution >= 4 is 23.5 Å². The molecule has 1 fully saturated rings. The van der Waals surface area contributed by atoms with Gasteiger partial charge in [0.2, 0.25) is 5.95 Å². The Labute approximate surface area is 167 Å². The number of imidazole rings is 1. The molecule has 1 saturated carbocycles. The van der Waals surface area contributed by atoms with Gasteiger partial charge in [0.05, 0.1) is 5.69 Å². The van der Waals surface area contributed by atoms with Crippen LogP contribution in [0, 0.1) is 6.92 Å². The van der Waals surface area contributed by atoms with Crippen molar-refractivity contribution in [2.24, 2.45) is 0 Å². The molecule has 1 amide bonds. The smallest absolute Gasteiger partial charge is 0.407 e. The summed E-state index contributed by atoms with van der Waals surface area (Å²) in [5.41, 5.74) is 2.31. The van der Waals surface area contributed by atoms with Crippen molar-refractivity contribution in [1.29, 1.82) is 0 Å². The average Bonchev–Trinajstić information content (AvgIpc) is 3.34. The van der Waals surface area contributed by atoms with Crippen molar-refractivity contribution in [3.8, 4) is 0 Å². The molecule has 9 nitrogen and oxygen atoms in total.